The SMILES string of the molecule is CCCCCCC(C)(C)OC(=O)CCCCCCCCC(=O)O. The van der Waals surface area contributed by atoms with Gasteiger partial charge in [-0.15, -0.1) is 0 Å². The molecule has 0 radical (unpaired) electrons. The second kappa shape index (κ2) is 13.4. The summed E-state index contributed by atoms with van der Waals surface area (Å²) >= 11 is 0. The van der Waals surface area contributed by atoms with Crippen molar-refractivity contribution in [1.82, 2.24) is 0 Å². The molecule has 0 fully saturated rings. The highest BCUT2D eigenvalue weighted by atomic mass is 16.6. The second-order valence-electron chi connectivity index (χ2n) is 7.06. The molecule has 0 saturated heterocycles. The van der Waals surface area contributed by atoms with Crippen LogP contribution < -0.4 is 0 Å². The van der Waals surface area contributed by atoms with Gasteiger partial charge < -0.3 is 9.84 Å². The summed E-state index contributed by atoms with van der Waals surface area (Å²) in [5.74, 6) is -0.804. The van der Waals surface area contributed by atoms with Crippen molar-refractivity contribution in [3.05, 3.63) is 0 Å². The van der Waals surface area contributed by atoms with Crippen molar-refractivity contribution in [2.45, 2.75) is 110 Å². The zero-order chi connectivity index (χ0) is 17.6. The Balaban J connectivity index is 3.56. The van der Waals surface area contributed by atoms with Gasteiger partial charge in [0.15, 0.2) is 0 Å². The van der Waals surface area contributed by atoms with Crippen LogP contribution in [-0.4, -0.2) is 22.6 Å². The fraction of sp³-hybridized carbons (Fsp3) is 0.895. The average molecular weight is 328 g/mol. The molecule has 1 N–H and O–H groups in total. The average Bonchev–Trinajstić information content (AvgIpc) is 2.45. The molecule has 0 bridgehead atoms. The van der Waals surface area contributed by atoms with E-state index in [4.69, 9.17) is 9.84 Å². The van der Waals surface area contributed by atoms with Crippen molar-refractivity contribution in [1.29, 1.82) is 0 Å². The molecule has 0 rings (SSSR count). The zero-order valence-corrected chi connectivity index (χ0v) is 15.4. The maximum absolute atomic E-state index is 11.9. The van der Waals surface area contributed by atoms with Gasteiger partial charge in [-0.2, -0.15) is 0 Å². The highest BCUT2D eigenvalue weighted by Crippen LogP contribution is 2.20. The summed E-state index contributed by atoms with van der Waals surface area (Å²) in [6.07, 6.45) is 12.2. The van der Waals surface area contributed by atoms with Crippen molar-refractivity contribution < 1.29 is 19.4 Å². The predicted octanol–water partition coefficient (Wildman–Crippen LogP) is 5.48. The van der Waals surface area contributed by atoms with E-state index >= 15 is 0 Å². The van der Waals surface area contributed by atoms with Gasteiger partial charge in [0.25, 0.3) is 0 Å². The number of unbranched alkanes of at least 4 members (excludes halogenated alkanes) is 8. The predicted molar refractivity (Wildman–Crippen MR) is 93.5 cm³/mol. The third-order valence-corrected chi connectivity index (χ3v) is 4.04. The molecule has 0 aromatic carbocycles. The maximum atomic E-state index is 11.9. The van der Waals surface area contributed by atoms with Crippen LogP contribution >= 0.6 is 0 Å². The van der Waals surface area contributed by atoms with Crippen LogP contribution in [0.4, 0.5) is 0 Å². The molecule has 0 aromatic rings. The number of hydrogen-bond donors (Lipinski definition) is 1. The quantitative estimate of drug-likeness (QED) is 0.319. The van der Waals surface area contributed by atoms with E-state index in [2.05, 4.69) is 6.92 Å². The standard InChI is InChI=1S/C19H36O4/c1-4-5-6-13-16-19(2,3)23-18(22)15-12-10-8-7-9-11-14-17(20)21/h4-16H2,1-3H3,(H,20,21). The molecule has 136 valence electrons. The Kier molecular flexibility index (Phi) is 12.8. The number of carboxylic acids is 1. The van der Waals surface area contributed by atoms with Gasteiger partial charge in [-0.3, -0.25) is 9.59 Å². The molecular weight excluding hydrogens is 292 g/mol. The van der Waals surface area contributed by atoms with Crippen LogP contribution in [-0.2, 0) is 14.3 Å². The Morgan fingerprint density at radius 3 is 1.91 bits per heavy atom. The van der Waals surface area contributed by atoms with Crippen LogP contribution in [0.2, 0.25) is 0 Å². The lowest BCUT2D eigenvalue weighted by molar-refractivity contribution is -0.157. The number of carbonyl (C=O) groups is 2. The topological polar surface area (TPSA) is 63.6 Å². The normalized spacial score (nSPS) is 11.4. The van der Waals surface area contributed by atoms with Crippen LogP contribution in [0.1, 0.15) is 104 Å². The number of aliphatic carboxylic acids is 1. The van der Waals surface area contributed by atoms with E-state index in [1.807, 2.05) is 13.8 Å². The smallest absolute Gasteiger partial charge is 0.306 e. The summed E-state index contributed by atoms with van der Waals surface area (Å²) in [4.78, 5) is 22.2. The van der Waals surface area contributed by atoms with Crippen molar-refractivity contribution in [3.63, 3.8) is 0 Å². The number of carboxylic acid groups (broad SMARTS) is 1. The van der Waals surface area contributed by atoms with E-state index in [9.17, 15) is 9.59 Å². The molecule has 0 atom stereocenters. The summed E-state index contributed by atoms with van der Waals surface area (Å²) in [6.45, 7) is 6.19. The Morgan fingerprint density at radius 1 is 0.826 bits per heavy atom. The number of esters is 1. The van der Waals surface area contributed by atoms with Crippen molar-refractivity contribution in [2.75, 3.05) is 0 Å². The molecule has 4 nitrogen and oxygen atoms in total. The van der Waals surface area contributed by atoms with E-state index < -0.39 is 5.97 Å². The highest BCUT2D eigenvalue weighted by Gasteiger charge is 2.21. The van der Waals surface area contributed by atoms with Gasteiger partial charge in [0.05, 0.1) is 0 Å². The second-order valence-corrected chi connectivity index (χ2v) is 7.06. The minimum atomic E-state index is -0.718. The summed E-state index contributed by atoms with van der Waals surface area (Å²) in [5, 5.41) is 8.54. The Hall–Kier alpha value is -1.06. The first-order chi connectivity index (χ1) is 10.9. The molecule has 4 heteroatoms. The zero-order valence-electron chi connectivity index (χ0n) is 15.4. The van der Waals surface area contributed by atoms with Crippen LogP contribution in [0, 0.1) is 0 Å². The molecular formula is C19H36O4. The van der Waals surface area contributed by atoms with E-state index in [0.717, 1.165) is 51.4 Å². The first kappa shape index (κ1) is 21.9. The third-order valence-electron chi connectivity index (χ3n) is 4.04. The molecule has 0 aliphatic rings. The molecule has 0 aliphatic heterocycles. The molecule has 0 spiro atoms. The van der Waals surface area contributed by atoms with E-state index in [0.29, 0.717) is 6.42 Å². The minimum absolute atomic E-state index is 0.0867. The monoisotopic (exact) mass is 328 g/mol. The summed E-state index contributed by atoms with van der Waals surface area (Å²) in [6, 6.07) is 0. The maximum Gasteiger partial charge on any atom is 0.306 e. The lowest BCUT2D eigenvalue weighted by Crippen LogP contribution is -2.27. The largest absolute Gasteiger partial charge is 0.481 e. The Bertz CT molecular complexity index is 323. The van der Waals surface area contributed by atoms with Crippen molar-refractivity contribution in [3.8, 4) is 0 Å². The lowest BCUT2D eigenvalue weighted by atomic mass is 10.00. The third kappa shape index (κ3) is 15.6. The Labute approximate surface area is 142 Å². The van der Waals surface area contributed by atoms with Crippen LogP contribution in [0.5, 0.6) is 0 Å². The van der Waals surface area contributed by atoms with E-state index in [-0.39, 0.29) is 18.0 Å². The van der Waals surface area contributed by atoms with E-state index in [1.165, 1.54) is 19.3 Å². The first-order valence-corrected chi connectivity index (χ1v) is 9.31. The fourth-order valence-corrected chi connectivity index (χ4v) is 2.64. The molecule has 0 aliphatic carbocycles. The highest BCUT2D eigenvalue weighted by molar-refractivity contribution is 5.69. The van der Waals surface area contributed by atoms with Crippen LogP contribution in [0.25, 0.3) is 0 Å². The van der Waals surface area contributed by atoms with Crippen molar-refractivity contribution in [2.24, 2.45) is 0 Å². The first-order valence-electron chi connectivity index (χ1n) is 9.31. The van der Waals surface area contributed by atoms with Gasteiger partial charge >= 0.3 is 11.9 Å². The summed E-state index contributed by atoms with van der Waals surface area (Å²) in [5.41, 5.74) is -0.346. The van der Waals surface area contributed by atoms with Gasteiger partial charge in [0, 0.05) is 12.8 Å². The minimum Gasteiger partial charge on any atom is -0.481 e. The lowest BCUT2D eigenvalue weighted by Gasteiger charge is -2.25. The van der Waals surface area contributed by atoms with Gasteiger partial charge in [-0.1, -0.05) is 51.9 Å². The number of rotatable bonds is 15. The molecule has 0 unspecified atom stereocenters. The molecule has 0 saturated carbocycles. The molecule has 23 heavy (non-hydrogen) atoms. The van der Waals surface area contributed by atoms with Gasteiger partial charge in [0.1, 0.15) is 5.60 Å². The summed E-state index contributed by atoms with van der Waals surface area (Å²) < 4.78 is 5.59. The van der Waals surface area contributed by atoms with Crippen LogP contribution in [0.15, 0.2) is 0 Å². The van der Waals surface area contributed by atoms with E-state index in [1.54, 1.807) is 0 Å². The number of hydrogen-bond acceptors (Lipinski definition) is 3. The molecule has 0 amide bonds. The molecule has 0 heterocycles. The molecule has 0 aromatic heterocycles. The van der Waals surface area contributed by atoms with Gasteiger partial charge in [-0.05, 0) is 39.5 Å². The van der Waals surface area contributed by atoms with Gasteiger partial charge in [0.2, 0.25) is 0 Å². The Morgan fingerprint density at radius 2 is 1.35 bits per heavy atom. The van der Waals surface area contributed by atoms with Crippen LogP contribution in [0.3, 0.4) is 0 Å². The number of ether oxygens (including phenoxy) is 1. The van der Waals surface area contributed by atoms with Crippen molar-refractivity contribution >= 4 is 11.9 Å². The fourth-order valence-electron chi connectivity index (χ4n) is 2.64. The van der Waals surface area contributed by atoms with Gasteiger partial charge in [-0.25, -0.2) is 0 Å². The number of carbonyl (C=O) groups excluding carboxylic acids is 1. The summed E-state index contributed by atoms with van der Waals surface area (Å²) in [7, 11) is 0.